The first-order valence-electron chi connectivity index (χ1n) is 8.76. The summed E-state index contributed by atoms with van der Waals surface area (Å²) in [4.78, 5) is 35.7. The molecule has 0 atom stereocenters. The molecule has 8 nitrogen and oxygen atoms in total. The largest absolute Gasteiger partial charge is 0.497 e. The molecule has 2 heterocycles. The van der Waals surface area contributed by atoms with Gasteiger partial charge in [-0.25, -0.2) is 9.97 Å². The maximum atomic E-state index is 12.2. The number of nitrogens with one attached hydrogen (secondary N) is 2. The molecule has 8 heteroatoms. The van der Waals surface area contributed by atoms with Crippen molar-refractivity contribution in [2.24, 2.45) is 5.73 Å². The molecule has 2 aromatic heterocycles. The third-order valence-corrected chi connectivity index (χ3v) is 4.41. The Morgan fingerprint density at radius 3 is 2.69 bits per heavy atom. The highest BCUT2D eigenvalue weighted by Gasteiger charge is 2.15. The molecule has 0 spiro atoms. The molecular weight excluding hydrogens is 370 g/mol. The predicted octanol–water partition coefficient (Wildman–Crippen LogP) is 2.84. The van der Waals surface area contributed by atoms with Crippen molar-refractivity contribution in [2.75, 3.05) is 12.4 Å². The number of rotatable bonds is 5. The van der Waals surface area contributed by atoms with Crippen LogP contribution in [0.4, 0.5) is 11.5 Å². The van der Waals surface area contributed by atoms with E-state index in [0.29, 0.717) is 39.3 Å². The lowest BCUT2D eigenvalue weighted by molar-refractivity contribution is 0.100. The molecule has 0 bridgehead atoms. The third kappa shape index (κ3) is 3.51. The van der Waals surface area contributed by atoms with Gasteiger partial charge in [0.15, 0.2) is 5.82 Å². The summed E-state index contributed by atoms with van der Waals surface area (Å²) in [5, 5.41) is 3.82. The van der Waals surface area contributed by atoms with Gasteiger partial charge in [0.1, 0.15) is 11.6 Å². The van der Waals surface area contributed by atoms with Crippen molar-refractivity contribution in [3.63, 3.8) is 0 Å². The Morgan fingerprint density at radius 1 is 1.10 bits per heavy atom. The van der Waals surface area contributed by atoms with Gasteiger partial charge in [0, 0.05) is 11.6 Å². The molecule has 0 aliphatic carbocycles. The summed E-state index contributed by atoms with van der Waals surface area (Å²) in [7, 11) is 1.56. The lowest BCUT2D eigenvalue weighted by atomic mass is 10.1. The summed E-state index contributed by atoms with van der Waals surface area (Å²) in [6, 6.07) is 15.5. The first kappa shape index (κ1) is 18.2. The zero-order valence-corrected chi connectivity index (χ0v) is 15.5. The van der Waals surface area contributed by atoms with Crippen molar-refractivity contribution in [1.29, 1.82) is 0 Å². The number of hydrogen-bond donors (Lipinski definition) is 3. The number of carbonyl (C=O) groups excluding carboxylic acids is 1. The molecule has 0 saturated heterocycles. The monoisotopic (exact) mass is 387 g/mol. The number of amides is 1. The van der Waals surface area contributed by atoms with Crippen LogP contribution < -0.4 is 21.3 Å². The number of para-hydroxylation sites is 1. The van der Waals surface area contributed by atoms with Crippen molar-refractivity contribution in [1.82, 2.24) is 15.0 Å². The van der Waals surface area contributed by atoms with Crippen molar-refractivity contribution in [3.8, 4) is 17.1 Å². The summed E-state index contributed by atoms with van der Waals surface area (Å²) in [6.07, 6.45) is 1.54. The number of methoxy groups -OCH3 is 1. The highest BCUT2D eigenvalue weighted by atomic mass is 16.5. The van der Waals surface area contributed by atoms with Gasteiger partial charge in [0.2, 0.25) is 0 Å². The number of fused-ring (bicyclic) bond motifs is 1. The quantitative estimate of drug-likeness (QED) is 0.484. The molecule has 4 aromatic rings. The van der Waals surface area contributed by atoms with E-state index in [2.05, 4.69) is 20.3 Å². The highest BCUT2D eigenvalue weighted by molar-refractivity contribution is 6.01. The SMILES string of the molecule is COc1ccc2nc(-c3ccc[nH]c3=O)nc(Nc3ccccc3C(N)=O)c2c1. The summed E-state index contributed by atoms with van der Waals surface area (Å²) in [6.45, 7) is 0. The second-order valence-corrected chi connectivity index (χ2v) is 6.23. The fraction of sp³-hybridized carbons (Fsp3) is 0.0476. The van der Waals surface area contributed by atoms with Crippen LogP contribution in [-0.4, -0.2) is 28.0 Å². The predicted molar refractivity (Wildman–Crippen MR) is 110 cm³/mol. The van der Waals surface area contributed by atoms with Gasteiger partial charge in [-0.1, -0.05) is 12.1 Å². The van der Waals surface area contributed by atoms with Crippen LogP contribution in [0.3, 0.4) is 0 Å². The Balaban J connectivity index is 1.94. The van der Waals surface area contributed by atoms with Crippen LogP contribution >= 0.6 is 0 Å². The van der Waals surface area contributed by atoms with E-state index in [-0.39, 0.29) is 11.4 Å². The first-order valence-corrected chi connectivity index (χ1v) is 8.76. The van der Waals surface area contributed by atoms with Gasteiger partial charge in [0.25, 0.3) is 11.5 Å². The lowest BCUT2D eigenvalue weighted by Gasteiger charge is -2.13. The second kappa shape index (κ2) is 7.43. The molecular formula is C21H17N5O3. The number of benzene rings is 2. The average molecular weight is 387 g/mol. The van der Waals surface area contributed by atoms with Gasteiger partial charge < -0.3 is 20.8 Å². The van der Waals surface area contributed by atoms with E-state index < -0.39 is 5.91 Å². The van der Waals surface area contributed by atoms with Crippen LogP contribution in [0.5, 0.6) is 5.75 Å². The number of nitrogens with two attached hydrogens (primary N) is 1. The van der Waals surface area contributed by atoms with Crippen LogP contribution in [0.2, 0.25) is 0 Å². The van der Waals surface area contributed by atoms with Crippen LogP contribution in [0.1, 0.15) is 10.4 Å². The molecule has 0 unspecified atom stereocenters. The fourth-order valence-electron chi connectivity index (χ4n) is 2.98. The van der Waals surface area contributed by atoms with Crippen molar-refractivity contribution < 1.29 is 9.53 Å². The molecule has 29 heavy (non-hydrogen) atoms. The van der Waals surface area contributed by atoms with Crippen LogP contribution in [0.15, 0.2) is 65.6 Å². The number of ether oxygens (including phenoxy) is 1. The maximum absolute atomic E-state index is 12.2. The third-order valence-electron chi connectivity index (χ3n) is 4.41. The molecule has 144 valence electrons. The number of anilines is 2. The van der Waals surface area contributed by atoms with Gasteiger partial charge in [0.05, 0.1) is 29.4 Å². The maximum Gasteiger partial charge on any atom is 0.259 e. The zero-order chi connectivity index (χ0) is 20.4. The van der Waals surface area contributed by atoms with Crippen LogP contribution in [-0.2, 0) is 0 Å². The molecule has 2 aromatic carbocycles. The Kier molecular flexibility index (Phi) is 4.66. The minimum atomic E-state index is -0.566. The Hall–Kier alpha value is -4.20. The second-order valence-electron chi connectivity index (χ2n) is 6.23. The number of hydrogen-bond acceptors (Lipinski definition) is 6. The molecule has 0 radical (unpaired) electrons. The molecule has 0 fully saturated rings. The standard InChI is InChI=1S/C21H17N5O3/c1-29-12-8-9-17-15(11-12)20(24-16-7-3-2-5-13(16)18(22)27)26-19(25-17)14-6-4-10-23-21(14)28/h2-11H,1H3,(H2,22,27)(H,23,28)(H,24,25,26). The van der Waals surface area contributed by atoms with E-state index in [0.717, 1.165) is 0 Å². The Labute approximate surface area is 165 Å². The number of aromatic amines is 1. The summed E-state index contributed by atoms with van der Waals surface area (Å²) < 4.78 is 5.31. The van der Waals surface area contributed by atoms with Crippen molar-refractivity contribution >= 4 is 28.3 Å². The first-order chi connectivity index (χ1) is 14.1. The Bertz CT molecular complexity index is 1280. The molecule has 1 amide bonds. The van der Waals surface area contributed by atoms with Gasteiger partial charge in [-0.3, -0.25) is 9.59 Å². The van der Waals surface area contributed by atoms with Crippen molar-refractivity contribution in [2.45, 2.75) is 0 Å². The number of H-pyrrole nitrogens is 1. The highest BCUT2D eigenvalue weighted by Crippen LogP contribution is 2.30. The molecule has 0 aliphatic heterocycles. The van der Waals surface area contributed by atoms with Crippen LogP contribution in [0.25, 0.3) is 22.3 Å². The number of carbonyl (C=O) groups is 1. The normalized spacial score (nSPS) is 10.7. The summed E-state index contributed by atoms with van der Waals surface area (Å²) in [5.74, 6) is 0.728. The lowest BCUT2D eigenvalue weighted by Crippen LogP contribution is -2.14. The fourth-order valence-corrected chi connectivity index (χ4v) is 2.98. The number of primary amides is 1. The minimum absolute atomic E-state index is 0.253. The van der Waals surface area contributed by atoms with Crippen LogP contribution in [0, 0.1) is 0 Å². The van der Waals surface area contributed by atoms with E-state index in [9.17, 15) is 9.59 Å². The van der Waals surface area contributed by atoms with E-state index >= 15 is 0 Å². The number of pyridine rings is 1. The van der Waals surface area contributed by atoms with Crippen molar-refractivity contribution in [3.05, 3.63) is 76.7 Å². The van der Waals surface area contributed by atoms with Gasteiger partial charge >= 0.3 is 0 Å². The smallest absolute Gasteiger partial charge is 0.259 e. The average Bonchev–Trinajstić information content (AvgIpc) is 2.74. The minimum Gasteiger partial charge on any atom is -0.497 e. The zero-order valence-electron chi connectivity index (χ0n) is 15.5. The van der Waals surface area contributed by atoms with Gasteiger partial charge in [-0.05, 0) is 42.5 Å². The molecule has 4 rings (SSSR count). The molecule has 0 saturated carbocycles. The van der Waals surface area contributed by atoms with E-state index in [4.69, 9.17) is 10.5 Å². The van der Waals surface area contributed by atoms with Gasteiger partial charge in [-0.2, -0.15) is 0 Å². The number of nitrogens with zero attached hydrogens (tertiary/aromatic N) is 2. The summed E-state index contributed by atoms with van der Waals surface area (Å²) in [5.41, 5.74) is 6.94. The number of aromatic nitrogens is 3. The molecule has 4 N–H and O–H groups in total. The van der Waals surface area contributed by atoms with E-state index in [1.54, 1.807) is 67.9 Å². The van der Waals surface area contributed by atoms with E-state index in [1.165, 1.54) is 0 Å². The van der Waals surface area contributed by atoms with E-state index in [1.807, 2.05) is 0 Å². The topological polar surface area (TPSA) is 123 Å². The van der Waals surface area contributed by atoms with Gasteiger partial charge in [-0.15, -0.1) is 0 Å². The summed E-state index contributed by atoms with van der Waals surface area (Å²) >= 11 is 0. The molecule has 0 aliphatic rings. The Morgan fingerprint density at radius 2 is 1.93 bits per heavy atom.